The predicted octanol–water partition coefficient (Wildman–Crippen LogP) is 5.32. The van der Waals surface area contributed by atoms with Gasteiger partial charge in [0.2, 0.25) is 0 Å². The van der Waals surface area contributed by atoms with Gasteiger partial charge in [-0.3, -0.25) is 0 Å². The van der Waals surface area contributed by atoms with E-state index in [0.717, 1.165) is 29.6 Å². The molecule has 1 saturated carbocycles. The summed E-state index contributed by atoms with van der Waals surface area (Å²) in [5, 5.41) is 1.30. The van der Waals surface area contributed by atoms with Gasteiger partial charge in [0, 0.05) is 10.9 Å². The van der Waals surface area contributed by atoms with Crippen molar-refractivity contribution in [3.8, 4) is 11.1 Å². The molecule has 2 unspecified atom stereocenters. The van der Waals surface area contributed by atoms with E-state index in [-0.39, 0.29) is 11.6 Å². The molecule has 2 aromatic rings. The van der Waals surface area contributed by atoms with E-state index in [1.165, 1.54) is 25.3 Å². The van der Waals surface area contributed by atoms with E-state index in [9.17, 15) is 8.78 Å². The number of hydrogen-bond acceptors (Lipinski definition) is 0. The second-order valence-electron chi connectivity index (χ2n) is 6.83. The molecular weight excluding hydrogens is 340 g/mol. The van der Waals surface area contributed by atoms with E-state index in [1.54, 1.807) is 18.2 Å². The lowest BCUT2D eigenvalue weighted by Gasteiger charge is -2.28. The fraction of sp³-hybridized carbons (Fsp3) is 0.400. The Kier molecular flexibility index (Phi) is 5.68. The minimum atomic E-state index is -0.293. The summed E-state index contributed by atoms with van der Waals surface area (Å²) in [7, 11) is 5.01. The first kappa shape index (κ1) is 18.0. The molecule has 2 atom stereocenters. The summed E-state index contributed by atoms with van der Waals surface area (Å²) >= 11 is 0. The number of hydrogen-bond donors (Lipinski definition) is 0. The Balaban J connectivity index is 1.90. The molecule has 1 fully saturated rings. The van der Waals surface area contributed by atoms with Crippen molar-refractivity contribution in [3.05, 3.63) is 47.5 Å². The highest BCUT2D eigenvalue weighted by Gasteiger charge is 2.23. The Labute approximate surface area is 147 Å². The van der Waals surface area contributed by atoms with E-state index in [1.807, 2.05) is 0 Å². The van der Waals surface area contributed by atoms with Gasteiger partial charge in [0.05, 0.1) is 0 Å². The molecule has 0 bridgehead atoms. The maximum atomic E-state index is 14.8. The fourth-order valence-electron chi connectivity index (χ4n) is 3.79. The van der Waals surface area contributed by atoms with Crippen LogP contribution < -0.4 is 10.6 Å². The average molecular weight is 364 g/mol. The van der Waals surface area contributed by atoms with Crippen molar-refractivity contribution < 1.29 is 8.78 Å². The molecule has 0 heterocycles. The van der Waals surface area contributed by atoms with Crippen LogP contribution in [0.5, 0.6) is 0 Å². The molecule has 0 saturated heterocycles. The van der Waals surface area contributed by atoms with Crippen LogP contribution in [0.4, 0.5) is 8.78 Å². The van der Waals surface area contributed by atoms with Crippen LogP contribution in [-0.2, 0) is 0 Å². The van der Waals surface area contributed by atoms with Gasteiger partial charge in [0.25, 0.3) is 0 Å². The highest BCUT2D eigenvalue weighted by atomic mass is 31.0. The van der Waals surface area contributed by atoms with Gasteiger partial charge in [-0.05, 0) is 72.1 Å². The summed E-state index contributed by atoms with van der Waals surface area (Å²) in [6, 6.07) is 8.48. The van der Waals surface area contributed by atoms with Crippen molar-refractivity contribution in [1.29, 1.82) is 0 Å². The Morgan fingerprint density at radius 3 is 2.21 bits per heavy atom. The van der Waals surface area contributed by atoms with Crippen LogP contribution in [0.1, 0.15) is 50.5 Å². The Morgan fingerprint density at radius 1 is 0.917 bits per heavy atom. The van der Waals surface area contributed by atoms with Crippen LogP contribution >= 0.6 is 18.5 Å². The highest BCUT2D eigenvalue weighted by molar-refractivity contribution is 7.28. The third kappa shape index (κ3) is 3.71. The van der Waals surface area contributed by atoms with Gasteiger partial charge in [-0.15, -0.1) is 18.5 Å². The summed E-state index contributed by atoms with van der Waals surface area (Å²) in [6.07, 6.45) is 6.02. The topological polar surface area (TPSA) is 0 Å². The van der Waals surface area contributed by atoms with Gasteiger partial charge >= 0.3 is 0 Å². The zero-order valence-electron chi connectivity index (χ0n) is 14.0. The maximum Gasteiger partial charge on any atom is 0.131 e. The average Bonchev–Trinajstić information content (AvgIpc) is 2.57. The van der Waals surface area contributed by atoms with Crippen molar-refractivity contribution in [2.75, 3.05) is 0 Å². The largest absolute Gasteiger partial charge is 0.206 e. The third-order valence-corrected chi connectivity index (χ3v) is 6.22. The first-order valence-electron chi connectivity index (χ1n) is 8.64. The van der Waals surface area contributed by atoms with Crippen LogP contribution in [0.25, 0.3) is 11.1 Å². The summed E-state index contributed by atoms with van der Waals surface area (Å²) in [6.45, 7) is 2.25. The van der Waals surface area contributed by atoms with E-state index in [0.29, 0.717) is 22.3 Å². The molecule has 24 heavy (non-hydrogen) atoms. The van der Waals surface area contributed by atoms with Crippen molar-refractivity contribution >= 4 is 29.1 Å². The normalized spacial score (nSPS) is 21.0. The molecule has 1 aliphatic carbocycles. The quantitative estimate of drug-likeness (QED) is 0.647. The minimum Gasteiger partial charge on any atom is -0.206 e. The smallest absolute Gasteiger partial charge is 0.131 e. The lowest BCUT2D eigenvalue weighted by atomic mass is 9.77. The van der Waals surface area contributed by atoms with Gasteiger partial charge < -0.3 is 0 Å². The summed E-state index contributed by atoms with van der Waals surface area (Å²) < 4.78 is 28.3. The Hall–Kier alpha value is -0.840. The molecule has 0 nitrogen and oxygen atoms in total. The molecule has 3 rings (SSSR count). The molecule has 0 N–H and O–H groups in total. The summed E-state index contributed by atoms with van der Waals surface area (Å²) in [4.78, 5) is 0. The van der Waals surface area contributed by atoms with E-state index < -0.39 is 0 Å². The molecule has 4 heteroatoms. The lowest BCUT2D eigenvalue weighted by molar-refractivity contribution is 0.318. The molecule has 0 aromatic heterocycles. The van der Waals surface area contributed by atoms with Crippen molar-refractivity contribution in [2.45, 2.75) is 44.9 Å². The number of benzene rings is 2. The zero-order valence-corrected chi connectivity index (χ0v) is 16.3. The number of rotatable bonds is 3. The molecule has 0 aliphatic heterocycles. The van der Waals surface area contributed by atoms with Crippen molar-refractivity contribution in [3.63, 3.8) is 0 Å². The van der Waals surface area contributed by atoms with Gasteiger partial charge in [0.15, 0.2) is 0 Å². The van der Waals surface area contributed by atoms with Gasteiger partial charge in [0.1, 0.15) is 11.6 Å². The lowest BCUT2D eigenvalue weighted by Crippen LogP contribution is -2.14. The first-order valence-corrected chi connectivity index (χ1v) is 9.79. The Morgan fingerprint density at radius 2 is 1.62 bits per heavy atom. The van der Waals surface area contributed by atoms with E-state index in [4.69, 9.17) is 0 Å². The van der Waals surface area contributed by atoms with Gasteiger partial charge in [-0.2, -0.15) is 0 Å². The molecule has 1 aliphatic rings. The second kappa shape index (κ2) is 7.59. The molecular formula is C20H24F2P2. The van der Waals surface area contributed by atoms with Crippen LogP contribution in [0.2, 0.25) is 0 Å². The predicted molar refractivity (Wildman–Crippen MR) is 105 cm³/mol. The third-order valence-electron chi connectivity index (χ3n) is 5.32. The van der Waals surface area contributed by atoms with Crippen molar-refractivity contribution in [1.82, 2.24) is 0 Å². The number of halogens is 2. The van der Waals surface area contributed by atoms with Crippen LogP contribution in [0.15, 0.2) is 30.3 Å². The van der Waals surface area contributed by atoms with E-state index in [2.05, 4.69) is 31.5 Å². The van der Waals surface area contributed by atoms with Crippen LogP contribution in [0, 0.1) is 17.6 Å². The van der Waals surface area contributed by atoms with Crippen molar-refractivity contribution in [2.24, 2.45) is 5.92 Å². The van der Waals surface area contributed by atoms with Gasteiger partial charge in [-0.25, -0.2) is 8.78 Å². The molecule has 128 valence electrons. The Bertz CT molecular complexity index is 711. The molecule has 0 radical (unpaired) electrons. The summed E-state index contributed by atoms with van der Waals surface area (Å²) in [5.41, 5.74) is 2.36. The second-order valence-corrected chi connectivity index (χ2v) is 8.07. The minimum absolute atomic E-state index is 0.217. The van der Waals surface area contributed by atoms with Crippen LogP contribution in [0.3, 0.4) is 0 Å². The monoisotopic (exact) mass is 364 g/mol. The van der Waals surface area contributed by atoms with E-state index >= 15 is 0 Å². The standard InChI is InChI=1S/C20H24F2P2/c1-2-12-3-5-13(6-4-12)15-9-17(22)20(19(24)11-15)14-7-8-16(21)18(23)10-14/h7-13H,2-6,23-24H2,1H3. The fourth-order valence-corrected chi connectivity index (χ4v) is 4.57. The molecule has 0 spiro atoms. The highest BCUT2D eigenvalue weighted by Crippen LogP contribution is 2.38. The molecule has 2 aromatic carbocycles. The first-order chi connectivity index (χ1) is 11.5. The molecule has 0 amide bonds. The summed E-state index contributed by atoms with van der Waals surface area (Å²) in [5.74, 6) is 0.784. The zero-order chi connectivity index (χ0) is 17.3. The SMILES string of the molecule is CCC1CCC(c2cc(F)c(-c3ccc(F)c(P)c3)c(P)c2)CC1. The maximum absolute atomic E-state index is 14.8. The van der Waals surface area contributed by atoms with Crippen LogP contribution in [-0.4, -0.2) is 0 Å². The van der Waals surface area contributed by atoms with Gasteiger partial charge in [-0.1, -0.05) is 25.5 Å².